The third-order valence-corrected chi connectivity index (χ3v) is 4.20. The SMILES string of the molecule is C=C(C)NC(/C=C(C)\N=C(/C=C\C)c1cc2ccccc2n1C(=O)OC(C)(C)C)=C/C. The van der Waals surface area contributed by atoms with E-state index >= 15 is 0 Å². The number of allylic oxidation sites excluding steroid dienone is 6. The fraction of sp³-hybridized carbons (Fsp3) is 0.308. The fourth-order valence-corrected chi connectivity index (χ4v) is 3.07. The second-order valence-electron chi connectivity index (χ2n) is 8.34. The van der Waals surface area contributed by atoms with Gasteiger partial charge in [-0.2, -0.15) is 0 Å². The van der Waals surface area contributed by atoms with E-state index in [1.165, 1.54) is 0 Å². The number of aromatic nitrogens is 1. The van der Waals surface area contributed by atoms with Crippen molar-refractivity contribution in [1.29, 1.82) is 0 Å². The van der Waals surface area contributed by atoms with Crippen LogP contribution in [0.25, 0.3) is 10.9 Å². The second kappa shape index (κ2) is 10.1. The Kier molecular flexibility index (Phi) is 7.81. The molecule has 0 unspecified atom stereocenters. The molecule has 0 bridgehead atoms. The van der Waals surface area contributed by atoms with Crippen molar-refractivity contribution in [3.63, 3.8) is 0 Å². The van der Waals surface area contributed by atoms with Gasteiger partial charge in [-0.3, -0.25) is 4.99 Å². The standard InChI is InChI=1S/C26H33N3O2/c1-9-13-22(28-19(5)16-21(10-2)27-18(3)4)24-17-20-14-11-12-15-23(20)29(24)25(30)31-26(6,7)8/h9-17,27H,3H2,1-2,4-8H3/b13-9-,19-16-,21-10+,28-22+. The zero-order valence-corrected chi connectivity index (χ0v) is 19.6. The zero-order chi connectivity index (χ0) is 23.2. The maximum absolute atomic E-state index is 13.1. The number of benzene rings is 1. The first kappa shape index (κ1) is 23.9. The lowest BCUT2D eigenvalue weighted by Crippen LogP contribution is -2.28. The van der Waals surface area contributed by atoms with E-state index in [2.05, 4.69) is 11.9 Å². The van der Waals surface area contributed by atoms with Crippen molar-refractivity contribution < 1.29 is 9.53 Å². The van der Waals surface area contributed by atoms with Crippen molar-refractivity contribution in [2.75, 3.05) is 0 Å². The average molecular weight is 420 g/mol. The van der Waals surface area contributed by atoms with Crippen LogP contribution in [0.2, 0.25) is 0 Å². The third kappa shape index (κ3) is 6.57. The van der Waals surface area contributed by atoms with Crippen LogP contribution in [0.4, 0.5) is 4.79 Å². The van der Waals surface area contributed by atoms with Crippen molar-refractivity contribution in [2.24, 2.45) is 4.99 Å². The van der Waals surface area contributed by atoms with Gasteiger partial charge >= 0.3 is 6.09 Å². The summed E-state index contributed by atoms with van der Waals surface area (Å²) in [6, 6.07) is 9.71. The Labute approximate surface area is 185 Å². The minimum absolute atomic E-state index is 0.430. The number of nitrogens with one attached hydrogen (secondary N) is 1. The van der Waals surface area contributed by atoms with Gasteiger partial charge in [0.15, 0.2) is 0 Å². The smallest absolute Gasteiger partial charge is 0.419 e. The zero-order valence-electron chi connectivity index (χ0n) is 19.6. The Morgan fingerprint density at radius 3 is 2.45 bits per heavy atom. The molecule has 0 saturated heterocycles. The number of para-hydroxylation sites is 1. The Bertz CT molecular complexity index is 1090. The Balaban J connectivity index is 2.65. The van der Waals surface area contributed by atoms with E-state index in [4.69, 9.17) is 9.73 Å². The molecule has 0 saturated carbocycles. The number of carbonyl (C=O) groups is 1. The molecule has 5 heteroatoms. The molecule has 2 aromatic rings. The van der Waals surface area contributed by atoms with E-state index in [0.29, 0.717) is 11.4 Å². The predicted octanol–water partition coefficient (Wildman–Crippen LogP) is 6.72. The van der Waals surface area contributed by atoms with Gasteiger partial charge in [0.05, 0.1) is 16.9 Å². The first-order chi connectivity index (χ1) is 14.6. The number of aliphatic imine (C=N–C) groups is 1. The molecule has 1 heterocycles. The monoisotopic (exact) mass is 419 g/mol. The van der Waals surface area contributed by atoms with Gasteiger partial charge in [0.25, 0.3) is 0 Å². The molecule has 1 aromatic heterocycles. The number of rotatable bonds is 6. The molecule has 0 aliphatic heterocycles. The van der Waals surface area contributed by atoms with Gasteiger partial charge in [-0.05, 0) is 72.8 Å². The lowest BCUT2D eigenvalue weighted by molar-refractivity contribution is 0.0544. The minimum atomic E-state index is -0.609. The summed E-state index contributed by atoms with van der Waals surface area (Å²) in [6.45, 7) is 17.2. The highest BCUT2D eigenvalue weighted by molar-refractivity contribution is 6.13. The topological polar surface area (TPSA) is 55.6 Å². The Morgan fingerprint density at radius 2 is 1.87 bits per heavy atom. The van der Waals surface area contributed by atoms with Crippen LogP contribution >= 0.6 is 0 Å². The number of hydrogen-bond acceptors (Lipinski definition) is 4. The van der Waals surface area contributed by atoms with E-state index < -0.39 is 11.7 Å². The highest BCUT2D eigenvalue weighted by atomic mass is 16.6. The molecule has 5 nitrogen and oxygen atoms in total. The van der Waals surface area contributed by atoms with Gasteiger partial charge in [-0.15, -0.1) is 0 Å². The normalized spacial score (nSPS) is 13.7. The van der Waals surface area contributed by atoms with Crippen LogP contribution in [0.3, 0.4) is 0 Å². The molecule has 0 fully saturated rings. The Morgan fingerprint density at radius 1 is 1.19 bits per heavy atom. The summed E-state index contributed by atoms with van der Waals surface area (Å²) >= 11 is 0. The van der Waals surface area contributed by atoms with Crippen LogP contribution in [0.15, 0.2) is 83.3 Å². The molecule has 2 rings (SSSR count). The van der Waals surface area contributed by atoms with Gasteiger partial charge < -0.3 is 10.1 Å². The molecular formula is C26H33N3O2. The largest absolute Gasteiger partial charge is 0.443 e. The van der Waals surface area contributed by atoms with E-state index in [1.54, 1.807) is 4.57 Å². The maximum Gasteiger partial charge on any atom is 0.419 e. The van der Waals surface area contributed by atoms with E-state index in [0.717, 1.165) is 28.0 Å². The van der Waals surface area contributed by atoms with Gasteiger partial charge in [0, 0.05) is 22.5 Å². The van der Waals surface area contributed by atoms with Crippen molar-refractivity contribution in [3.8, 4) is 0 Å². The summed E-state index contributed by atoms with van der Waals surface area (Å²) < 4.78 is 7.28. The van der Waals surface area contributed by atoms with Crippen molar-refractivity contribution in [3.05, 3.63) is 84.0 Å². The molecule has 1 aromatic carbocycles. The van der Waals surface area contributed by atoms with E-state index in [9.17, 15) is 4.79 Å². The number of hydrogen-bond donors (Lipinski definition) is 1. The van der Waals surface area contributed by atoms with Crippen LogP contribution in [0.5, 0.6) is 0 Å². The summed E-state index contributed by atoms with van der Waals surface area (Å²) in [4.78, 5) is 17.9. The van der Waals surface area contributed by atoms with Crippen LogP contribution in [-0.4, -0.2) is 22.0 Å². The first-order valence-corrected chi connectivity index (χ1v) is 10.4. The van der Waals surface area contributed by atoms with Gasteiger partial charge in [0.2, 0.25) is 0 Å². The van der Waals surface area contributed by atoms with Gasteiger partial charge in [0.1, 0.15) is 5.60 Å². The van der Waals surface area contributed by atoms with Gasteiger partial charge in [-0.1, -0.05) is 36.9 Å². The molecule has 31 heavy (non-hydrogen) atoms. The summed E-state index contributed by atoms with van der Waals surface area (Å²) in [5.74, 6) is 0. The summed E-state index contributed by atoms with van der Waals surface area (Å²) in [5, 5.41) is 4.15. The van der Waals surface area contributed by atoms with Crippen LogP contribution < -0.4 is 5.32 Å². The molecular weight excluding hydrogens is 386 g/mol. The predicted molar refractivity (Wildman–Crippen MR) is 130 cm³/mol. The molecule has 0 amide bonds. The van der Waals surface area contributed by atoms with Crippen LogP contribution in [-0.2, 0) is 4.74 Å². The molecule has 1 N–H and O–H groups in total. The van der Waals surface area contributed by atoms with Crippen LogP contribution in [0.1, 0.15) is 54.2 Å². The van der Waals surface area contributed by atoms with Crippen molar-refractivity contribution in [1.82, 2.24) is 9.88 Å². The fourth-order valence-electron chi connectivity index (χ4n) is 3.07. The minimum Gasteiger partial charge on any atom is -0.443 e. The summed E-state index contributed by atoms with van der Waals surface area (Å²) in [6.07, 6.45) is 7.28. The lowest BCUT2D eigenvalue weighted by Gasteiger charge is -2.21. The molecule has 0 atom stereocenters. The van der Waals surface area contributed by atoms with E-state index in [1.807, 2.05) is 103 Å². The maximum atomic E-state index is 13.1. The van der Waals surface area contributed by atoms with Gasteiger partial charge in [-0.25, -0.2) is 9.36 Å². The van der Waals surface area contributed by atoms with Crippen LogP contribution in [0, 0.1) is 0 Å². The highest BCUT2D eigenvalue weighted by Gasteiger charge is 2.23. The molecule has 0 aliphatic rings. The number of ether oxygens (including phenoxy) is 1. The Hall–Kier alpha value is -3.34. The second-order valence-corrected chi connectivity index (χ2v) is 8.34. The average Bonchev–Trinajstić information content (AvgIpc) is 3.05. The number of fused-ring (bicyclic) bond motifs is 1. The van der Waals surface area contributed by atoms with Crippen molar-refractivity contribution in [2.45, 2.75) is 54.1 Å². The highest BCUT2D eigenvalue weighted by Crippen LogP contribution is 2.23. The summed E-state index contributed by atoms with van der Waals surface area (Å²) in [5.41, 5.74) is 4.06. The molecule has 0 radical (unpaired) electrons. The number of nitrogens with zero attached hydrogens (tertiary/aromatic N) is 2. The van der Waals surface area contributed by atoms with Crippen molar-refractivity contribution >= 4 is 22.7 Å². The number of carbonyl (C=O) groups excluding carboxylic acids is 1. The molecule has 0 spiro atoms. The molecule has 164 valence electrons. The lowest BCUT2D eigenvalue weighted by atomic mass is 10.2. The first-order valence-electron chi connectivity index (χ1n) is 10.4. The quantitative estimate of drug-likeness (QED) is 0.418. The molecule has 0 aliphatic carbocycles. The van der Waals surface area contributed by atoms with E-state index in [-0.39, 0.29) is 0 Å². The third-order valence-electron chi connectivity index (χ3n) is 4.20. The summed E-state index contributed by atoms with van der Waals surface area (Å²) in [7, 11) is 0.